The molecular formula is C14H20FN3O2. The molecule has 5 nitrogen and oxygen atoms in total. The molecule has 1 aromatic carbocycles. The number of para-hydroxylation sites is 1. The van der Waals surface area contributed by atoms with Crippen molar-refractivity contribution in [3.05, 3.63) is 24.0 Å². The van der Waals surface area contributed by atoms with Crippen LogP contribution in [0.15, 0.2) is 18.2 Å². The molecule has 0 spiro atoms. The van der Waals surface area contributed by atoms with Crippen molar-refractivity contribution in [3.8, 4) is 0 Å². The van der Waals surface area contributed by atoms with E-state index in [9.17, 15) is 9.18 Å². The average Bonchev–Trinajstić information content (AvgIpc) is 2.41. The molecular weight excluding hydrogens is 261 g/mol. The number of hydrogen-bond donors (Lipinski definition) is 2. The second-order valence-corrected chi connectivity index (χ2v) is 5.12. The van der Waals surface area contributed by atoms with Crippen molar-refractivity contribution in [2.24, 2.45) is 0 Å². The van der Waals surface area contributed by atoms with E-state index in [1.165, 1.54) is 6.07 Å². The third kappa shape index (κ3) is 3.01. The average molecular weight is 281 g/mol. The molecule has 1 heterocycles. The first-order chi connectivity index (χ1) is 9.50. The molecule has 0 aliphatic carbocycles. The second-order valence-electron chi connectivity index (χ2n) is 5.12. The number of nitrogens with zero attached hydrogens (tertiary/aromatic N) is 1. The van der Waals surface area contributed by atoms with Crippen LogP contribution in [0, 0.1) is 5.82 Å². The summed E-state index contributed by atoms with van der Waals surface area (Å²) in [4.78, 5) is 14.0. The molecule has 110 valence electrons. The normalized spacial score (nSPS) is 19.2. The molecule has 2 rings (SSSR count). The Labute approximate surface area is 117 Å². The van der Waals surface area contributed by atoms with Gasteiger partial charge in [0.2, 0.25) is 5.91 Å². The highest BCUT2D eigenvalue weighted by atomic mass is 19.1. The van der Waals surface area contributed by atoms with Gasteiger partial charge in [-0.2, -0.15) is 0 Å². The van der Waals surface area contributed by atoms with Gasteiger partial charge in [0.25, 0.3) is 0 Å². The van der Waals surface area contributed by atoms with Crippen LogP contribution >= 0.6 is 0 Å². The van der Waals surface area contributed by atoms with Crippen LogP contribution in [0.1, 0.15) is 13.8 Å². The molecule has 1 saturated heterocycles. The van der Waals surface area contributed by atoms with Gasteiger partial charge in [-0.1, -0.05) is 6.07 Å². The van der Waals surface area contributed by atoms with E-state index < -0.39 is 11.9 Å². The Hall–Kier alpha value is -1.82. The molecule has 0 bridgehead atoms. The van der Waals surface area contributed by atoms with Gasteiger partial charge in [0, 0.05) is 12.6 Å². The van der Waals surface area contributed by atoms with Crippen molar-refractivity contribution in [1.29, 1.82) is 0 Å². The number of hydrogen-bond acceptors (Lipinski definition) is 4. The zero-order valence-electron chi connectivity index (χ0n) is 11.7. The summed E-state index contributed by atoms with van der Waals surface area (Å²) in [6.07, 6.45) is 0. The second kappa shape index (κ2) is 6.09. The lowest BCUT2D eigenvalue weighted by atomic mass is 10.1. The maximum atomic E-state index is 13.6. The summed E-state index contributed by atoms with van der Waals surface area (Å²) in [5.41, 5.74) is 6.39. The lowest BCUT2D eigenvalue weighted by Gasteiger charge is -2.37. The first-order valence-corrected chi connectivity index (χ1v) is 6.69. The minimum atomic E-state index is -0.491. The lowest BCUT2D eigenvalue weighted by Crippen LogP contribution is -2.55. The van der Waals surface area contributed by atoms with Gasteiger partial charge in [0.05, 0.1) is 24.6 Å². The van der Waals surface area contributed by atoms with Gasteiger partial charge >= 0.3 is 0 Å². The van der Waals surface area contributed by atoms with Crippen LogP contribution in [-0.2, 0) is 9.53 Å². The number of anilines is 2. The van der Waals surface area contributed by atoms with E-state index in [-0.39, 0.29) is 24.2 Å². The van der Waals surface area contributed by atoms with Crippen molar-refractivity contribution >= 4 is 17.3 Å². The smallest absolute Gasteiger partial charge is 0.245 e. The molecule has 0 radical (unpaired) electrons. The van der Waals surface area contributed by atoms with Crippen LogP contribution in [0.5, 0.6) is 0 Å². The lowest BCUT2D eigenvalue weighted by molar-refractivity contribution is -0.125. The minimum absolute atomic E-state index is 0.0381. The molecule has 3 N–H and O–H groups in total. The predicted octanol–water partition coefficient (Wildman–Crippen LogP) is 1.14. The fraction of sp³-hybridized carbons (Fsp3) is 0.500. The largest absolute Gasteiger partial charge is 0.395 e. The monoisotopic (exact) mass is 281 g/mol. The fourth-order valence-electron chi connectivity index (χ4n) is 2.27. The zero-order chi connectivity index (χ0) is 14.7. The van der Waals surface area contributed by atoms with Gasteiger partial charge in [-0.25, -0.2) is 4.39 Å². The molecule has 0 saturated carbocycles. The molecule has 1 fully saturated rings. The number of nitrogens with one attached hydrogen (secondary N) is 1. The Balaban J connectivity index is 2.27. The number of amides is 1. The first-order valence-electron chi connectivity index (χ1n) is 6.69. The first kappa shape index (κ1) is 14.6. The fourth-order valence-corrected chi connectivity index (χ4v) is 2.27. The summed E-state index contributed by atoms with van der Waals surface area (Å²) >= 11 is 0. The van der Waals surface area contributed by atoms with Gasteiger partial charge in [-0.05, 0) is 26.0 Å². The molecule has 6 heteroatoms. The minimum Gasteiger partial charge on any atom is -0.395 e. The number of carbonyl (C=O) groups is 1. The highest BCUT2D eigenvalue weighted by Crippen LogP contribution is 2.28. The molecule has 1 aliphatic heterocycles. The van der Waals surface area contributed by atoms with Gasteiger partial charge in [0.1, 0.15) is 11.9 Å². The van der Waals surface area contributed by atoms with Crippen molar-refractivity contribution in [3.63, 3.8) is 0 Å². The molecule has 20 heavy (non-hydrogen) atoms. The maximum Gasteiger partial charge on any atom is 0.245 e. The number of nitrogen functional groups attached to an aromatic ring is 1. The third-order valence-corrected chi connectivity index (χ3v) is 3.20. The van der Waals surface area contributed by atoms with E-state index in [1.54, 1.807) is 17.0 Å². The maximum absolute atomic E-state index is 13.6. The van der Waals surface area contributed by atoms with Crippen molar-refractivity contribution in [2.75, 3.05) is 30.4 Å². The molecule has 1 aromatic rings. The quantitative estimate of drug-likeness (QED) is 0.815. The van der Waals surface area contributed by atoms with E-state index in [0.29, 0.717) is 18.8 Å². The van der Waals surface area contributed by atoms with Crippen LogP contribution < -0.4 is 16.0 Å². The zero-order valence-corrected chi connectivity index (χ0v) is 11.7. The van der Waals surface area contributed by atoms with Crippen LogP contribution in [0.4, 0.5) is 15.8 Å². The number of halogens is 1. The Morgan fingerprint density at radius 3 is 3.00 bits per heavy atom. The Kier molecular flexibility index (Phi) is 4.44. The SMILES string of the molecule is CC(C)NC(=O)C1COCCN1c1cccc(F)c1N. The van der Waals surface area contributed by atoms with E-state index >= 15 is 0 Å². The number of carbonyl (C=O) groups excluding carboxylic acids is 1. The third-order valence-electron chi connectivity index (χ3n) is 3.20. The van der Waals surface area contributed by atoms with Crippen molar-refractivity contribution in [2.45, 2.75) is 25.9 Å². The van der Waals surface area contributed by atoms with Crippen LogP contribution in [-0.4, -0.2) is 37.7 Å². The molecule has 1 atom stereocenters. The number of benzene rings is 1. The summed E-state index contributed by atoms with van der Waals surface area (Å²) in [6.45, 7) is 5.05. The summed E-state index contributed by atoms with van der Waals surface area (Å²) in [5.74, 6) is -0.611. The summed E-state index contributed by atoms with van der Waals surface area (Å²) in [7, 11) is 0. The van der Waals surface area contributed by atoms with E-state index in [0.717, 1.165) is 0 Å². The molecule has 0 aromatic heterocycles. The number of morpholine rings is 1. The standard InChI is InChI=1S/C14H20FN3O2/c1-9(2)17-14(19)12-8-20-7-6-18(12)11-5-3-4-10(15)13(11)16/h3-5,9,12H,6-8,16H2,1-2H3,(H,17,19). The Morgan fingerprint density at radius 1 is 1.55 bits per heavy atom. The van der Waals surface area contributed by atoms with Crippen LogP contribution in [0.2, 0.25) is 0 Å². The van der Waals surface area contributed by atoms with Crippen molar-refractivity contribution < 1.29 is 13.9 Å². The van der Waals surface area contributed by atoms with E-state index in [1.807, 2.05) is 13.8 Å². The molecule has 1 unspecified atom stereocenters. The summed E-state index contributed by atoms with van der Waals surface area (Å²) in [5, 5.41) is 2.85. The van der Waals surface area contributed by atoms with Gasteiger partial charge < -0.3 is 20.7 Å². The highest BCUT2D eigenvalue weighted by Gasteiger charge is 2.31. The number of rotatable bonds is 3. The van der Waals surface area contributed by atoms with Gasteiger partial charge in [0.15, 0.2) is 0 Å². The Bertz CT molecular complexity index is 493. The number of nitrogens with two attached hydrogens (primary N) is 1. The highest BCUT2D eigenvalue weighted by molar-refractivity contribution is 5.87. The topological polar surface area (TPSA) is 67.6 Å². The van der Waals surface area contributed by atoms with Gasteiger partial charge in [-0.3, -0.25) is 4.79 Å². The molecule has 1 aliphatic rings. The summed E-state index contributed by atoms with van der Waals surface area (Å²) in [6, 6.07) is 4.17. The van der Waals surface area contributed by atoms with Crippen molar-refractivity contribution in [1.82, 2.24) is 5.32 Å². The number of ether oxygens (including phenoxy) is 1. The van der Waals surface area contributed by atoms with Gasteiger partial charge in [-0.15, -0.1) is 0 Å². The summed E-state index contributed by atoms with van der Waals surface area (Å²) < 4.78 is 19.0. The Morgan fingerprint density at radius 2 is 2.30 bits per heavy atom. The molecule has 1 amide bonds. The van der Waals surface area contributed by atoms with Crippen LogP contribution in [0.3, 0.4) is 0 Å². The van der Waals surface area contributed by atoms with Crippen LogP contribution in [0.25, 0.3) is 0 Å². The van der Waals surface area contributed by atoms with E-state index in [2.05, 4.69) is 5.32 Å². The van der Waals surface area contributed by atoms with E-state index in [4.69, 9.17) is 10.5 Å². The predicted molar refractivity (Wildman–Crippen MR) is 76.0 cm³/mol.